The molecule has 14 heavy (non-hydrogen) atoms. The quantitative estimate of drug-likeness (QED) is 0.773. The average molecular weight is 189 g/mol. The fourth-order valence-electron chi connectivity index (χ4n) is 1.75. The molecule has 0 spiro atoms. The summed E-state index contributed by atoms with van der Waals surface area (Å²) < 4.78 is 0. The summed E-state index contributed by atoms with van der Waals surface area (Å²) in [7, 11) is 0. The summed E-state index contributed by atoms with van der Waals surface area (Å²) in [6.07, 6.45) is 5.10. The molecule has 1 aliphatic rings. The van der Waals surface area contributed by atoms with Gasteiger partial charge in [0.25, 0.3) is 0 Å². The highest BCUT2D eigenvalue weighted by molar-refractivity contribution is 5.79. The fourth-order valence-corrected chi connectivity index (χ4v) is 1.75. The Balaban J connectivity index is 2.00. The number of piperidine rings is 1. The average Bonchev–Trinajstić information content (AvgIpc) is 2.23. The maximum atomic E-state index is 7.79. The highest BCUT2D eigenvalue weighted by atomic mass is 15.2. The molecular formula is C11H15N3. The maximum Gasteiger partial charge on any atom is 0.0961 e. The molecule has 0 atom stereocenters. The Morgan fingerprint density at radius 1 is 1.36 bits per heavy atom. The highest BCUT2D eigenvalue weighted by Crippen LogP contribution is 2.13. The van der Waals surface area contributed by atoms with Gasteiger partial charge in [-0.2, -0.15) is 0 Å². The van der Waals surface area contributed by atoms with Crippen LogP contribution in [-0.4, -0.2) is 22.3 Å². The van der Waals surface area contributed by atoms with Crippen LogP contribution in [0.15, 0.2) is 24.4 Å². The maximum absolute atomic E-state index is 7.79. The van der Waals surface area contributed by atoms with Crippen molar-refractivity contribution < 1.29 is 0 Å². The summed E-state index contributed by atoms with van der Waals surface area (Å²) in [5.74, 6) is 0.766. The van der Waals surface area contributed by atoms with Crippen molar-refractivity contribution in [1.29, 1.82) is 5.41 Å². The van der Waals surface area contributed by atoms with Gasteiger partial charge in [-0.1, -0.05) is 6.07 Å². The normalized spacial score (nSPS) is 17.1. The zero-order valence-electron chi connectivity index (χ0n) is 8.24. The van der Waals surface area contributed by atoms with Crippen molar-refractivity contribution in [3.63, 3.8) is 0 Å². The molecular weight excluding hydrogens is 174 g/mol. The number of amidine groups is 1. The molecule has 1 aliphatic heterocycles. The summed E-state index contributed by atoms with van der Waals surface area (Å²) >= 11 is 0. The molecule has 1 saturated heterocycles. The lowest BCUT2D eigenvalue weighted by Crippen LogP contribution is -2.34. The van der Waals surface area contributed by atoms with E-state index in [1.807, 2.05) is 24.4 Å². The van der Waals surface area contributed by atoms with Crippen molar-refractivity contribution in [2.45, 2.75) is 25.8 Å². The predicted octanol–water partition coefficient (Wildman–Crippen LogP) is 2.04. The standard InChI is InChI=1S/C11H15N3/c12-11-6-2-4-8-14(11)9-10-5-1-3-7-13-10/h1,3,5,7,12H,2,4,6,8-9H2. The van der Waals surface area contributed by atoms with Crippen LogP contribution in [0, 0.1) is 5.41 Å². The molecule has 0 amide bonds. The molecule has 0 saturated carbocycles. The van der Waals surface area contributed by atoms with Crippen LogP contribution in [0.4, 0.5) is 0 Å². The van der Waals surface area contributed by atoms with Gasteiger partial charge in [-0.25, -0.2) is 0 Å². The van der Waals surface area contributed by atoms with Gasteiger partial charge >= 0.3 is 0 Å². The molecule has 0 bridgehead atoms. The van der Waals surface area contributed by atoms with Crippen molar-refractivity contribution in [3.05, 3.63) is 30.1 Å². The van der Waals surface area contributed by atoms with Crippen molar-refractivity contribution in [2.75, 3.05) is 6.54 Å². The van der Waals surface area contributed by atoms with Crippen molar-refractivity contribution in [2.24, 2.45) is 0 Å². The number of nitrogens with one attached hydrogen (secondary N) is 1. The van der Waals surface area contributed by atoms with E-state index in [9.17, 15) is 0 Å². The lowest BCUT2D eigenvalue weighted by atomic mass is 10.1. The van der Waals surface area contributed by atoms with E-state index in [1.54, 1.807) is 0 Å². The van der Waals surface area contributed by atoms with Crippen molar-refractivity contribution >= 4 is 5.84 Å². The summed E-state index contributed by atoms with van der Waals surface area (Å²) in [4.78, 5) is 6.39. The minimum atomic E-state index is 0.766. The molecule has 0 aromatic carbocycles. The van der Waals surface area contributed by atoms with E-state index < -0.39 is 0 Å². The van der Waals surface area contributed by atoms with Crippen LogP contribution in [0.3, 0.4) is 0 Å². The summed E-state index contributed by atoms with van der Waals surface area (Å²) in [6, 6.07) is 5.93. The first kappa shape index (κ1) is 9.19. The van der Waals surface area contributed by atoms with Crippen LogP contribution in [0.2, 0.25) is 0 Å². The van der Waals surface area contributed by atoms with E-state index in [-0.39, 0.29) is 0 Å². The third kappa shape index (κ3) is 2.10. The van der Waals surface area contributed by atoms with E-state index >= 15 is 0 Å². The summed E-state index contributed by atoms with van der Waals surface area (Å²) in [5.41, 5.74) is 1.05. The topological polar surface area (TPSA) is 40.0 Å². The molecule has 3 nitrogen and oxygen atoms in total. The second-order valence-corrected chi connectivity index (χ2v) is 3.65. The number of hydrogen-bond donors (Lipinski definition) is 1. The molecule has 1 N–H and O–H groups in total. The molecule has 74 valence electrons. The lowest BCUT2D eigenvalue weighted by molar-refractivity contribution is 0.357. The van der Waals surface area contributed by atoms with Crippen LogP contribution in [-0.2, 0) is 6.54 Å². The fraction of sp³-hybridized carbons (Fsp3) is 0.455. The number of nitrogens with zero attached hydrogens (tertiary/aromatic N) is 2. The van der Waals surface area contributed by atoms with Gasteiger partial charge in [0, 0.05) is 19.2 Å². The van der Waals surface area contributed by atoms with Gasteiger partial charge < -0.3 is 4.90 Å². The van der Waals surface area contributed by atoms with Crippen LogP contribution in [0.25, 0.3) is 0 Å². The molecule has 0 aliphatic carbocycles. The van der Waals surface area contributed by atoms with Gasteiger partial charge in [-0.05, 0) is 25.0 Å². The minimum Gasteiger partial charge on any atom is -0.355 e. The van der Waals surface area contributed by atoms with E-state index in [1.165, 1.54) is 6.42 Å². The predicted molar refractivity (Wildman–Crippen MR) is 56.2 cm³/mol. The number of pyridine rings is 1. The molecule has 0 radical (unpaired) electrons. The Morgan fingerprint density at radius 3 is 3.00 bits per heavy atom. The number of likely N-dealkylation sites (tertiary alicyclic amines) is 1. The second kappa shape index (κ2) is 4.22. The summed E-state index contributed by atoms with van der Waals surface area (Å²) in [6.45, 7) is 1.80. The number of hydrogen-bond acceptors (Lipinski definition) is 2. The molecule has 1 fully saturated rings. The van der Waals surface area contributed by atoms with Crippen molar-refractivity contribution in [3.8, 4) is 0 Å². The smallest absolute Gasteiger partial charge is 0.0961 e. The Bertz CT molecular complexity index is 308. The van der Waals surface area contributed by atoms with Crippen LogP contribution in [0.1, 0.15) is 25.0 Å². The molecule has 0 unspecified atom stereocenters. The van der Waals surface area contributed by atoms with Crippen LogP contribution >= 0.6 is 0 Å². The SMILES string of the molecule is N=C1CCCCN1Cc1ccccn1. The highest BCUT2D eigenvalue weighted by Gasteiger charge is 2.14. The number of aromatic nitrogens is 1. The molecule has 2 rings (SSSR count). The first-order valence-electron chi connectivity index (χ1n) is 5.08. The first-order chi connectivity index (χ1) is 6.86. The van der Waals surface area contributed by atoms with Gasteiger partial charge in [0.15, 0.2) is 0 Å². The van der Waals surface area contributed by atoms with Gasteiger partial charge in [0.05, 0.1) is 18.1 Å². The largest absolute Gasteiger partial charge is 0.355 e. The van der Waals surface area contributed by atoms with Gasteiger partial charge in [-0.3, -0.25) is 10.4 Å². The lowest BCUT2D eigenvalue weighted by Gasteiger charge is -2.28. The Labute approximate surface area is 84.3 Å². The van der Waals surface area contributed by atoms with Crippen molar-refractivity contribution in [1.82, 2.24) is 9.88 Å². The zero-order chi connectivity index (χ0) is 9.80. The van der Waals surface area contributed by atoms with Crippen LogP contribution < -0.4 is 0 Å². The number of rotatable bonds is 2. The summed E-state index contributed by atoms with van der Waals surface area (Å²) in [5, 5.41) is 7.79. The van der Waals surface area contributed by atoms with E-state index in [4.69, 9.17) is 5.41 Å². The first-order valence-corrected chi connectivity index (χ1v) is 5.08. The van der Waals surface area contributed by atoms with Gasteiger partial charge in [-0.15, -0.1) is 0 Å². The third-order valence-electron chi connectivity index (χ3n) is 2.55. The third-order valence-corrected chi connectivity index (χ3v) is 2.55. The zero-order valence-corrected chi connectivity index (χ0v) is 8.24. The van der Waals surface area contributed by atoms with Crippen LogP contribution in [0.5, 0.6) is 0 Å². The second-order valence-electron chi connectivity index (χ2n) is 3.65. The van der Waals surface area contributed by atoms with E-state index in [0.717, 1.165) is 37.5 Å². The Hall–Kier alpha value is -1.38. The molecule has 1 aromatic heterocycles. The molecule has 3 heteroatoms. The van der Waals surface area contributed by atoms with E-state index in [2.05, 4.69) is 9.88 Å². The Morgan fingerprint density at radius 2 is 2.29 bits per heavy atom. The van der Waals surface area contributed by atoms with E-state index in [0.29, 0.717) is 0 Å². The monoisotopic (exact) mass is 189 g/mol. The molecule has 1 aromatic rings. The van der Waals surface area contributed by atoms with Gasteiger partial charge in [0.2, 0.25) is 0 Å². The molecule has 2 heterocycles. The Kier molecular flexibility index (Phi) is 2.77. The van der Waals surface area contributed by atoms with Gasteiger partial charge in [0.1, 0.15) is 0 Å². The minimum absolute atomic E-state index is 0.766.